The lowest BCUT2D eigenvalue weighted by atomic mass is 10.0. The monoisotopic (exact) mass is 406 g/mol. The van der Waals surface area contributed by atoms with Crippen molar-refractivity contribution in [3.8, 4) is 0 Å². The summed E-state index contributed by atoms with van der Waals surface area (Å²) in [5, 5.41) is 14.7. The van der Waals surface area contributed by atoms with Crippen molar-refractivity contribution in [1.29, 1.82) is 0 Å². The summed E-state index contributed by atoms with van der Waals surface area (Å²) in [6.07, 6.45) is 1.11. The van der Waals surface area contributed by atoms with Crippen LogP contribution in [0.5, 0.6) is 0 Å². The number of anilines is 2. The van der Waals surface area contributed by atoms with E-state index in [1.807, 2.05) is 24.3 Å². The van der Waals surface area contributed by atoms with Crippen LogP contribution < -0.4 is 11.1 Å². The molecule has 2 aromatic rings. The van der Waals surface area contributed by atoms with Crippen molar-refractivity contribution < 1.29 is 9.66 Å². The minimum atomic E-state index is -0.606. The third-order valence-electron chi connectivity index (χ3n) is 4.60. The highest BCUT2D eigenvalue weighted by atomic mass is 35.5. The molecule has 3 N–H and O–H groups in total. The molecule has 1 aliphatic heterocycles. The number of halogens is 1. The van der Waals surface area contributed by atoms with Gasteiger partial charge in [-0.1, -0.05) is 23.7 Å². The minimum Gasteiger partial charge on any atom is -0.378 e. The zero-order valence-electron chi connectivity index (χ0n) is 15.8. The molecule has 1 aromatic heterocycles. The normalized spacial score (nSPS) is 17.8. The van der Waals surface area contributed by atoms with Crippen molar-refractivity contribution in [2.45, 2.75) is 25.5 Å². The van der Waals surface area contributed by atoms with Gasteiger partial charge < -0.3 is 15.8 Å². The standard InChI is InChI=1S/C18H23ClN6O3/c1-18(2)11-24(7-8-28-18)14(12-3-5-13(19)6-4-12)9-21-17-22-10-15(25(26)27)16(20)23-17/h3-6,10,14H,7-9,11H2,1-2H3,(H3,20,21,22,23). The van der Waals surface area contributed by atoms with E-state index in [9.17, 15) is 10.1 Å². The van der Waals surface area contributed by atoms with E-state index in [-0.39, 0.29) is 29.1 Å². The Morgan fingerprint density at radius 3 is 2.75 bits per heavy atom. The molecule has 2 heterocycles. The van der Waals surface area contributed by atoms with Gasteiger partial charge in [0.25, 0.3) is 0 Å². The number of nitrogens with one attached hydrogen (secondary N) is 1. The highest BCUT2D eigenvalue weighted by molar-refractivity contribution is 6.30. The molecule has 150 valence electrons. The fourth-order valence-corrected chi connectivity index (χ4v) is 3.39. The maximum atomic E-state index is 10.9. The molecular weight excluding hydrogens is 384 g/mol. The summed E-state index contributed by atoms with van der Waals surface area (Å²) in [5.41, 5.74) is 6.18. The van der Waals surface area contributed by atoms with Crippen molar-refractivity contribution in [2.75, 3.05) is 37.3 Å². The summed E-state index contributed by atoms with van der Waals surface area (Å²) in [5.74, 6) is 0.0765. The maximum absolute atomic E-state index is 10.9. The summed E-state index contributed by atoms with van der Waals surface area (Å²) in [6.45, 7) is 6.79. The van der Waals surface area contributed by atoms with Crippen LogP contribution in [0.2, 0.25) is 5.02 Å². The van der Waals surface area contributed by atoms with Gasteiger partial charge in [0.15, 0.2) is 0 Å². The van der Waals surface area contributed by atoms with Crippen LogP contribution in [0.25, 0.3) is 0 Å². The van der Waals surface area contributed by atoms with Gasteiger partial charge >= 0.3 is 5.69 Å². The second-order valence-electron chi connectivity index (χ2n) is 7.25. The van der Waals surface area contributed by atoms with Gasteiger partial charge in [0, 0.05) is 24.7 Å². The molecular formula is C18H23ClN6O3. The van der Waals surface area contributed by atoms with Gasteiger partial charge in [0.1, 0.15) is 6.20 Å². The van der Waals surface area contributed by atoms with Crippen molar-refractivity contribution in [1.82, 2.24) is 14.9 Å². The highest BCUT2D eigenvalue weighted by Crippen LogP contribution is 2.28. The smallest absolute Gasteiger partial charge is 0.329 e. The number of hydrogen-bond donors (Lipinski definition) is 2. The molecule has 3 rings (SSSR count). The molecule has 0 amide bonds. The molecule has 1 aliphatic rings. The predicted octanol–water partition coefficient (Wildman–Crippen LogP) is 2.88. The van der Waals surface area contributed by atoms with Gasteiger partial charge in [-0.25, -0.2) is 4.98 Å². The number of nitrogens with zero attached hydrogens (tertiary/aromatic N) is 4. The van der Waals surface area contributed by atoms with Crippen LogP contribution >= 0.6 is 11.6 Å². The van der Waals surface area contributed by atoms with Gasteiger partial charge in [0.05, 0.1) is 23.2 Å². The van der Waals surface area contributed by atoms with Crippen molar-refractivity contribution in [2.24, 2.45) is 0 Å². The molecule has 9 nitrogen and oxygen atoms in total. The number of nitrogen functional groups attached to an aromatic ring is 1. The van der Waals surface area contributed by atoms with Gasteiger partial charge in [-0.15, -0.1) is 0 Å². The zero-order valence-corrected chi connectivity index (χ0v) is 16.5. The van der Waals surface area contributed by atoms with E-state index in [2.05, 4.69) is 34.0 Å². The number of rotatable bonds is 6. The Morgan fingerprint density at radius 1 is 1.43 bits per heavy atom. The predicted molar refractivity (Wildman–Crippen MR) is 107 cm³/mol. The van der Waals surface area contributed by atoms with E-state index in [4.69, 9.17) is 22.1 Å². The van der Waals surface area contributed by atoms with Gasteiger partial charge in [-0.05, 0) is 31.5 Å². The molecule has 10 heteroatoms. The van der Waals surface area contributed by atoms with Gasteiger partial charge in [-0.3, -0.25) is 15.0 Å². The van der Waals surface area contributed by atoms with Crippen LogP contribution in [0.3, 0.4) is 0 Å². The quantitative estimate of drug-likeness (QED) is 0.555. The minimum absolute atomic E-state index is 0.0143. The lowest BCUT2D eigenvalue weighted by molar-refractivity contribution is -0.384. The molecule has 0 spiro atoms. The third kappa shape index (κ3) is 4.86. The van der Waals surface area contributed by atoms with E-state index in [1.165, 1.54) is 0 Å². The van der Waals surface area contributed by atoms with Gasteiger partial charge in [0.2, 0.25) is 11.8 Å². The summed E-state index contributed by atoms with van der Waals surface area (Å²) in [7, 11) is 0. The highest BCUT2D eigenvalue weighted by Gasteiger charge is 2.32. The van der Waals surface area contributed by atoms with Crippen LogP contribution in [0.15, 0.2) is 30.5 Å². The number of ether oxygens (including phenoxy) is 1. The van der Waals surface area contributed by atoms with Crippen LogP contribution in [-0.2, 0) is 4.74 Å². The molecule has 0 radical (unpaired) electrons. The molecule has 28 heavy (non-hydrogen) atoms. The number of aromatic nitrogens is 2. The number of benzene rings is 1. The SMILES string of the molecule is CC1(C)CN(C(CNc2ncc([N+](=O)[O-])c(N)n2)c2ccc(Cl)cc2)CCO1. The number of nitrogens with two attached hydrogens (primary N) is 1. The first-order valence-electron chi connectivity index (χ1n) is 8.89. The molecule has 1 unspecified atom stereocenters. The van der Waals surface area contributed by atoms with E-state index in [0.717, 1.165) is 24.8 Å². The number of nitro groups is 1. The lowest BCUT2D eigenvalue weighted by Crippen LogP contribution is -2.50. The summed E-state index contributed by atoms with van der Waals surface area (Å²) in [4.78, 5) is 20.6. The third-order valence-corrected chi connectivity index (χ3v) is 4.85. The molecule has 0 bridgehead atoms. The fraction of sp³-hybridized carbons (Fsp3) is 0.444. The van der Waals surface area contributed by atoms with E-state index >= 15 is 0 Å². The molecule has 0 saturated carbocycles. The Labute approximate surface area is 168 Å². The molecule has 1 atom stereocenters. The summed E-state index contributed by atoms with van der Waals surface area (Å²) in [6, 6.07) is 7.70. The average molecular weight is 407 g/mol. The Bertz CT molecular complexity index is 846. The molecule has 0 aliphatic carbocycles. The van der Waals surface area contributed by atoms with Crippen molar-refractivity contribution in [3.63, 3.8) is 0 Å². The Kier molecular flexibility index (Phi) is 5.97. The topological polar surface area (TPSA) is 119 Å². The summed E-state index contributed by atoms with van der Waals surface area (Å²) < 4.78 is 5.83. The second kappa shape index (κ2) is 8.26. The number of morpholine rings is 1. The van der Waals surface area contributed by atoms with E-state index in [0.29, 0.717) is 18.2 Å². The number of hydrogen-bond acceptors (Lipinski definition) is 8. The van der Waals surface area contributed by atoms with E-state index in [1.54, 1.807) is 0 Å². The van der Waals surface area contributed by atoms with Crippen molar-refractivity contribution in [3.05, 3.63) is 51.2 Å². The summed E-state index contributed by atoms with van der Waals surface area (Å²) >= 11 is 6.04. The van der Waals surface area contributed by atoms with Crippen LogP contribution in [-0.4, -0.2) is 51.6 Å². The molecule has 1 aromatic carbocycles. The Morgan fingerprint density at radius 2 is 2.14 bits per heavy atom. The van der Waals surface area contributed by atoms with Crippen molar-refractivity contribution >= 4 is 29.1 Å². The van der Waals surface area contributed by atoms with Crippen LogP contribution in [0, 0.1) is 10.1 Å². The first-order chi connectivity index (χ1) is 13.2. The molecule has 1 saturated heterocycles. The fourth-order valence-electron chi connectivity index (χ4n) is 3.26. The first-order valence-corrected chi connectivity index (χ1v) is 9.27. The van der Waals surface area contributed by atoms with Crippen LogP contribution in [0.1, 0.15) is 25.5 Å². The van der Waals surface area contributed by atoms with Crippen LogP contribution in [0.4, 0.5) is 17.5 Å². The largest absolute Gasteiger partial charge is 0.378 e. The first kappa shape index (κ1) is 20.2. The average Bonchev–Trinajstić information content (AvgIpc) is 2.62. The molecule has 1 fully saturated rings. The zero-order chi connectivity index (χ0) is 20.3. The second-order valence-corrected chi connectivity index (χ2v) is 7.68. The maximum Gasteiger partial charge on any atom is 0.329 e. The van der Waals surface area contributed by atoms with Gasteiger partial charge in [-0.2, -0.15) is 4.98 Å². The lowest BCUT2D eigenvalue weighted by Gasteiger charge is -2.42. The Balaban J connectivity index is 1.80. The van der Waals surface area contributed by atoms with E-state index < -0.39 is 4.92 Å². The Hall–Kier alpha value is -2.49.